The number of hydrogen-bond donors (Lipinski definition) is 0. The first-order valence-corrected chi connectivity index (χ1v) is 6.43. The topological polar surface area (TPSA) is 26.3 Å². The Morgan fingerprint density at radius 3 is 2.39 bits per heavy atom. The van der Waals surface area contributed by atoms with Gasteiger partial charge in [-0.25, -0.2) is 0 Å². The zero-order valence-electron chi connectivity index (χ0n) is 12.3. The average Bonchev–Trinajstić information content (AvgIpc) is 2.27. The molecule has 0 saturated heterocycles. The number of methoxy groups -OCH3 is 1. The molecule has 2 nitrogen and oxygen atoms in total. The minimum Gasteiger partial charge on any atom is -0.497 e. The first-order valence-electron chi connectivity index (χ1n) is 6.43. The molecule has 2 heteroatoms. The molecule has 1 aromatic rings. The van der Waals surface area contributed by atoms with Crippen LogP contribution in [0.3, 0.4) is 0 Å². The molecule has 1 atom stereocenters. The number of rotatable bonds is 4. The van der Waals surface area contributed by atoms with Gasteiger partial charge in [-0.3, -0.25) is 4.79 Å². The molecule has 0 bridgehead atoms. The average molecular weight is 248 g/mol. The lowest BCUT2D eigenvalue weighted by Crippen LogP contribution is -2.20. The van der Waals surface area contributed by atoms with E-state index >= 15 is 0 Å². The van der Waals surface area contributed by atoms with E-state index < -0.39 is 0 Å². The third-order valence-corrected chi connectivity index (χ3v) is 3.70. The van der Waals surface area contributed by atoms with Crippen LogP contribution in [0.15, 0.2) is 18.2 Å². The van der Waals surface area contributed by atoms with E-state index in [1.54, 1.807) is 7.11 Å². The number of ether oxygens (including phenoxy) is 1. The number of aryl methyl sites for hydroxylation is 1. The molecule has 0 heterocycles. The Hall–Kier alpha value is -1.31. The van der Waals surface area contributed by atoms with Crippen molar-refractivity contribution in [1.82, 2.24) is 0 Å². The summed E-state index contributed by atoms with van der Waals surface area (Å²) in [5, 5.41) is 0. The third-order valence-electron chi connectivity index (χ3n) is 3.70. The van der Waals surface area contributed by atoms with Crippen LogP contribution in [-0.4, -0.2) is 12.9 Å². The monoisotopic (exact) mass is 248 g/mol. The van der Waals surface area contributed by atoms with Crippen molar-refractivity contribution < 1.29 is 9.53 Å². The zero-order chi connectivity index (χ0) is 13.9. The van der Waals surface area contributed by atoms with Crippen LogP contribution in [0.4, 0.5) is 0 Å². The molecule has 0 saturated carbocycles. The Kier molecular flexibility index (Phi) is 4.55. The lowest BCUT2D eigenvalue weighted by atomic mass is 9.78. The molecular weight excluding hydrogens is 224 g/mol. The Balaban J connectivity index is 2.85. The molecule has 1 rings (SSSR count). The maximum absolute atomic E-state index is 12.3. The lowest BCUT2D eigenvalue weighted by molar-refractivity contribution is 0.0926. The predicted molar refractivity (Wildman–Crippen MR) is 75.3 cm³/mol. The van der Waals surface area contributed by atoms with Crippen LogP contribution >= 0.6 is 0 Å². The molecule has 1 aromatic carbocycles. The number of carbonyl (C=O) groups is 1. The van der Waals surface area contributed by atoms with Crippen LogP contribution in [-0.2, 0) is 0 Å². The molecule has 0 N–H and O–H groups in total. The smallest absolute Gasteiger partial charge is 0.163 e. The second-order valence-corrected chi connectivity index (χ2v) is 6.08. The second-order valence-electron chi connectivity index (χ2n) is 6.08. The van der Waals surface area contributed by atoms with Gasteiger partial charge in [0.1, 0.15) is 5.75 Å². The van der Waals surface area contributed by atoms with E-state index in [0.29, 0.717) is 12.3 Å². The van der Waals surface area contributed by atoms with E-state index in [9.17, 15) is 4.79 Å². The van der Waals surface area contributed by atoms with Crippen LogP contribution in [0.1, 0.15) is 50.0 Å². The third kappa shape index (κ3) is 3.59. The fourth-order valence-corrected chi connectivity index (χ4v) is 1.77. The molecule has 100 valence electrons. The number of ketones is 1. The number of benzene rings is 1. The first kappa shape index (κ1) is 14.7. The number of hydrogen-bond acceptors (Lipinski definition) is 2. The minimum atomic E-state index is 0.163. The van der Waals surface area contributed by atoms with Crippen LogP contribution in [0, 0.1) is 18.3 Å². The summed E-state index contributed by atoms with van der Waals surface area (Å²) in [4.78, 5) is 12.3. The molecular formula is C16H24O2. The van der Waals surface area contributed by atoms with Gasteiger partial charge in [0.05, 0.1) is 7.11 Å². The van der Waals surface area contributed by atoms with Crippen LogP contribution in [0.5, 0.6) is 5.75 Å². The fourth-order valence-electron chi connectivity index (χ4n) is 1.77. The highest BCUT2D eigenvalue weighted by Crippen LogP contribution is 2.30. The predicted octanol–water partition coefficient (Wildman–Crippen LogP) is 4.26. The van der Waals surface area contributed by atoms with E-state index in [-0.39, 0.29) is 11.2 Å². The summed E-state index contributed by atoms with van der Waals surface area (Å²) in [6, 6.07) is 5.63. The van der Waals surface area contributed by atoms with Gasteiger partial charge in [0.2, 0.25) is 0 Å². The van der Waals surface area contributed by atoms with Gasteiger partial charge in [0, 0.05) is 12.0 Å². The van der Waals surface area contributed by atoms with Gasteiger partial charge < -0.3 is 4.74 Å². The first-order chi connectivity index (χ1) is 8.25. The van der Waals surface area contributed by atoms with E-state index in [4.69, 9.17) is 4.74 Å². The molecule has 0 radical (unpaired) electrons. The maximum atomic E-state index is 12.3. The quantitative estimate of drug-likeness (QED) is 0.744. The SMILES string of the molecule is COc1ccc(C(=O)CC(C)C(C)(C)C)c(C)c1. The van der Waals surface area contributed by atoms with Gasteiger partial charge in [-0.15, -0.1) is 0 Å². The van der Waals surface area contributed by atoms with Crippen molar-refractivity contribution in [2.24, 2.45) is 11.3 Å². The Morgan fingerprint density at radius 2 is 1.94 bits per heavy atom. The molecule has 1 unspecified atom stereocenters. The van der Waals surface area contributed by atoms with Gasteiger partial charge in [-0.1, -0.05) is 27.7 Å². The summed E-state index contributed by atoms with van der Waals surface area (Å²) in [6.07, 6.45) is 0.594. The van der Waals surface area contributed by atoms with Crippen LogP contribution in [0.2, 0.25) is 0 Å². The fraction of sp³-hybridized carbons (Fsp3) is 0.562. The largest absolute Gasteiger partial charge is 0.497 e. The molecule has 0 fully saturated rings. The van der Waals surface area contributed by atoms with Gasteiger partial charge in [0.15, 0.2) is 5.78 Å². The highest BCUT2D eigenvalue weighted by molar-refractivity contribution is 5.97. The van der Waals surface area contributed by atoms with E-state index in [0.717, 1.165) is 16.9 Å². The van der Waals surface area contributed by atoms with E-state index in [1.165, 1.54) is 0 Å². The van der Waals surface area contributed by atoms with Gasteiger partial charge in [-0.05, 0) is 42.0 Å². The van der Waals surface area contributed by atoms with Crippen LogP contribution in [0.25, 0.3) is 0 Å². The van der Waals surface area contributed by atoms with Crippen LogP contribution < -0.4 is 4.74 Å². The molecule has 0 aromatic heterocycles. The van der Waals surface area contributed by atoms with Crippen molar-refractivity contribution >= 4 is 5.78 Å². The van der Waals surface area contributed by atoms with E-state index in [2.05, 4.69) is 27.7 Å². The Bertz CT molecular complexity index is 427. The van der Waals surface area contributed by atoms with Crippen molar-refractivity contribution in [3.05, 3.63) is 29.3 Å². The Labute approximate surface area is 110 Å². The molecule has 18 heavy (non-hydrogen) atoms. The lowest BCUT2D eigenvalue weighted by Gasteiger charge is -2.26. The van der Waals surface area contributed by atoms with Crippen molar-refractivity contribution in [3.63, 3.8) is 0 Å². The normalized spacial score (nSPS) is 13.2. The standard InChI is InChI=1S/C16H24O2/c1-11-9-13(18-6)7-8-14(11)15(17)10-12(2)16(3,4)5/h7-9,12H,10H2,1-6H3. The van der Waals surface area contributed by atoms with Gasteiger partial charge in [0.25, 0.3) is 0 Å². The molecule has 0 spiro atoms. The zero-order valence-corrected chi connectivity index (χ0v) is 12.3. The summed E-state index contributed by atoms with van der Waals surface area (Å²) < 4.78 is 5.15. The molecule has 0 aliphatic carbocycles. The van der Waals surface area contributed by atoms with Crippen molar-refractivity contribution in [3.8, 4) is 5.75 Å². The summed E-state index contributed by atoms with van der Waals surface area (Å²) in [6.45, 7) is 10.6. The summed E-state index contributed by atoms with van der Waals surface area (Å²) in [5.74, 6) is 1.39. The minimum absolute atomic E-state index is 0.163. The van der Waals surface area contributed by atoms with Gasteiger partial charge in [-0.2, -0.15) is 0 Å². The summed E-state index contributed by atoms with van der Waals surface area (Å²) in [5.41, 5.74) is 1.96. The van der Waals surface area contributed by atoms with E-state index in [1.807, 2.05) is 25.1 Å². The number of Topliss-reactive ketones (excluding diaryl/α,β-unsaturated/α-hetero) is 1. The maximum Gasteiger partial charge on any atom is 0.163 e. The van der Waals surface area contributed by atoms with Crippen molar-refractivity contribution in [2.45, 2.75) is 41.0 Å². The number of carbonyl (C=O) groups excluding carboxylic acids is 1. The highest BCUT2D eigenvalue weighted by Gasteiger charge is 2.23. The summed E-state index contributed by atoms with van der Waals surface area (Å²) in [7, 11) is 1.64. The molecule has 0 amide bonds. The van der Waals surface area contributed by atoms with Crippen molar-refractivity contribution in [2.75, 3.05) is 7.11 Å². The Morgan fingerprint density at radius 1 is 1.33 bits per heavy atom. The molecule has 0 aliphatic heterocycles. The summed E-state index contributed by atoms with van der Waals surface area (Å²) >= 11 is 0. The molecule has 0 aliphatic rings. The highest BCUT2D eigenvalue weighted by atomic mass is 16.5. The van der Waals surface area contributed by atoms with Crippen molar-refractivity contribution in [1.29, 1.82) is 0 Å². The second kappa shape index (κ2) is 5.55. The van der Waals surface area contributed by atoms with Gasteiger partial charge >= 0.3 is 0 Å².